The smallest absolute Gasteiger partial charge is 0.338 e. The lowest BCUT2D eigenvalue weighted by Crippen LogP contribution is -2.07. The maximum Gasteiger partial charge on any atom is 0.338 e. The number of carbonyl (C=O) groups excluding carboxylic acids is 3. The van der Waals surface area contributed by atoms with Gasteiger partial charge in [-0.05, 0) is 59.5 Å². The van der Waals surface area contributed by atoms with Gasteiger partial charge in [-0.3, -0.25) is 0 Å². The largest absolute Gasteiger partial charge is 0.458 e. The molecule has 0 N–H and O–H groups in total. The lowest BCUT2D eigenvalue weighted by atomic mass is 10.00. The molecule has 154 valence electrons. The van der Waals surface area contributed by atoms with Gasteiger partial charge < -0.3 is 14.2 Å². The van der Waals surface area contributed by atoms with E-state index in [1.54, 1.807) is 37.3 Å². The van der Waals surface area contributed by atoms with Crippen LogP contribution in [-0.4, -0.2) is 17.9 Å². The minimum atomic E-state index is -0.538. The van der Waals surface area contributed by atoms with Crippen LogP contribution in [0.15, 0.2) is 79.9 Å². The van der Waals surface area contributed by atoms with Gasteiger partial charge in [0.15, 0.2) is 0 Å². The summed E-state index contributed by atoms with van der Waals surface area (Å²) >= 11 is 0. The Morgan fingerprint density at radius 2 is 1.33 bits per heavy atom. The van der Waals surface area contributed by atoms with Crippen LogP contribution in [-0.2, 0) is 37.1 Å². The van der Waals surface area contributed by atoms with Crippen molar-refractivity contribution in [2.24, 2.45) is 0 Å². The van der Waals surface area contributed by atoms with Crippen LogP contribution in [0.4, 0.5) is 0 Å². The second-order valence-electron chi connectivity index (χ2n) is 6.36. The van der Waals surface area contributed by atoms with Crippen molar-refractivity contribution in [3.8, 4) is 16.9 Å². The molecule has 0 aliphatic carbocycles. The predicted octanol–water partition coefficient (Wildman–Crippen LogP) is 4.29. The first-order chi connectivity index (χ1) is 14.3. The average molecular weight is 406 g/mol. The minimum Gasteiger partial charge on any atom is -0.458 e. The van der Waals surface area contributed by atoms with Gasteiger partial charge in [0.05, 0.1) is 0 Å². The van der Waals surface area contributed by atoms with Crippen LogP contribution < -0.4 is 4.74 Å². The molecule has 6 nitrogen and oxygen atoms in total. The molecule has 0 atom stereocenters. The Balaban J connectivity index is 2.29. The van der Waals surface area contributed by atoms with E-state index >= 15 is 0 Å². The molecule has 0 aliphatic heterocycles. The predicted molar refractivity (Wildman–Crippen MR) is 112 cm³/mol. The fourth-order valence-corrected chi connectivity index (χ4v) is 2.43. The lowest BCUT2D eigenvalue weighted by Gasteiger charge is -2.11. The molecule has 30 heavy (non-hydrogen) atoms. The van der Waals surface area contributed by atoms with Gasteiger partial charge in [0.25, 0.3) is 0 Å². The topological polar surface area (TPSA) is 78.9 Å². The van der Waals surface area contributed by atoms with Crippen LogP contribution in [0.5, 0.6) is 5.75 Å². The molecule has 2 aromatic carbocycles. The van der Waals surface area contributed by atoms with Crippen LogP contribution in [0.2, 0.25) is 0 Å². The summed E-state index contributed by atoms with van der Waals surface area (Å²) in [5.41, 5.74) is 3.37. The van der Waals surface area contributed by atoms with E-state index in [0.29, 0.717) is 22.4 Å². The molecule has 2 rings (SSSR count). The van der Waals surface area contributed by atoms with Crippen molar-refractivity contribution in [2.45, 2.75) is 20.1 Å². The van der Waals surface area contributed by atoms with Crippen LogP contribution in [0.1, 0.15) is 18.1 Å². The molecule has 0 bridgehead atoms. The van der Waals surface area contributed by atoms with Crippen LogP contribution in [0.25, 0.3) is 11.1 Å². The second-order valence-corrected chi connectivity index (χ2v) is 6.36. The highest BCUT2D eigenvalue weighted by atomic mass is 16.5. The molecular weight excluding hydrogens is 384 g/mol. The van der Waals surface area contributed by atoms with Crippen molar-refractivity contribution in [3.05, 3.63) is 91.1 Å². The second kappa shape index (κ2) is 10.6. The third-order valence-electron chi connectivity index (χ3n) is 3.89. The summed E-state index contributed by atoms with van der Waals surface area (Å²) in [6, 6.07) is 12.4. The van der Waals surface area contributed by atoms with Crippen molar-refractivity contribution in [1.29, 1.82) is 0 Å². The summed E-state index contributed by atoms with van der Waals surface area (Å²) in [6.45, 7) is 11.9. The Morgan fingerprint density at radius 1 is 0.833 bits per heavy atom. The normalized spacial score (nSPS) is 9.90. The van der Waals surface area contributed by atoms with Gasteiger partial charge in [-0.1, -0.05) is 31.9 Å². The number of hydrogen-bond donors (Lipinski definition) is 0. The summed E-state index contributed by atoms with van der Waals surface area (Å²) < 4.78 is 15.4. The summed E-state index contributed by atoms with van der Waals surface area (Å²) in [7, 11) is 0. The van der Waals surface area contributed by atoms with Gasteiger partial charge >= 0.3 is 17.9 Å². The molecule has 0 amide bonds. The lowest BCUT2D eigenvalue weighted by molar-refractivity contribution is -0.139. The number of esters is 3. The highest BCUT2D eigenvalue weighted by Gasteiger charge is 2.09. The van der Waals surface area contributed by atoms with Crippen LogP contribution in [0.3, 0.4) is 0 Å². The van der Waals surface area contributed by atoms with Gasteiger partial charge in [0, 0.05) is 17.7 Å². The summed E-state index contributed by atoms with van der Waals surface area (Å²) in [4.78, 5) is 34.4. The van der Waals surface area contributed by atoms with Crippen molar-refractivity contribution >= 4 is 17.9 Å². The monoisotopic (exact) mass is 406 g/mol. The Hall–Kier alpha value is -3.93. The fourth-order valence-electron chi connectivity index (χ4n) is 2.43. The number of benzene rings is 2. The van der Waals surface area contributed by atoms with Crippen molar-refractivity contribution in [1.82, 2.24) is 0 Å². The first kappa shape index (κ1) is 22.4. The number of hydrogen-bond acceptors (Lipinski definition) is 6. The molecule has 0 saturated heterocycles. The van der Waals surface area contributed by atoms with E-state index in [1.807, 2.05) is 12.1 Å². The Morgan fingerprint density at radius 3 is 1.77 bits per heavy atom. The highest BCUT2D eigenvalue weighted by molar-refractivity contribution is 5.88. The maximum absolute atomic E-state index is 11.6. The Labute approximate surface area is 175 Å². The number of carbonyl (C=O) groups is 3. The molecule has 0 aromatic heterocycles. The molecule has 0 unspecified atom stereocenters. The van der Waals surface area contributed by atoms with Gasteiger partial charge in [0.1, 0.15) is 19.0 Å². The number of rotatable bonds is 9. The minimum absolute atomic E-state index is 0.0371. The third kappa shape index (κ3) is 6.60. The van der Waals surface area contributed by atoms with Crippen LogP contribution >= 0.6 is 0 Å². The van der Waals surface area contributed by atoms with Gasteiger partial charge in [0.2, 0.25) is 0 Å². The molecule has 0 radical (unpaired) electrons. The molecule has 0 fully saturated rings. The third-order valence-corrected chi connectivity index (χ3v) is 3.89. The fraction of sp³-hybridized carbons (Fsp3) is 0.125. The van der Waals surface area contributed by atoms with Crippen molar-refractivity contribution in [2.75, 3.05) is 0 Å². The summed E-state index contributed by atoms with van der Waals surface area (Å²) in [5, 5.41) is 0. The van der Waals surface area contributed by atoms with E-state index in [0.717, 1.165) is 23.3 Å². The van der Waals surface area contributed by atoms with E-state index in [-0.39, 0.29) is 13.2 Å². The van der Waals surface area contributed by atoms with Gasteiger partial charge in [-0.25, -0.2) is 14.4 Å². The average Bonchev–Trinajstić information content (AvgIpc) is 2.75. The quantitative estimate of drug-likeness (QED) is 0.351. The molecule has 0 saturated carbocycles. The van der Waals surface area contributed by atoms with E-state index in [2.05, 4.69) is 19.7 Å². The maximum atomic E-state index is 11.6. The molecule has 0 spiro atoms. The standard InChI is InChI=1S/C24H22O6/c1-5-22(25)28-14-17-11-18(15-29-23(26)6-2)13-20(12-17)19-7-9-21(10-8-19)30-24(27)16(3)4/h5-13H,1-3,14-15H2,4H3. The van der Waals surface area contributed by atoms with E-state index in [1.165, 1.54) is 0 Å². The van der Waals surface area contributed by atoms with E-state index in [9.17, 15) is 14.4 Å². The first-order valence-corrected chi connectivity index (χ1v) is 9.01. The zero-order valence-corrected chi connectivity index (χ0v) is 16.7. The zero-order valence-electron chi connectivity index (χ0n) is 16.7. The summed E-state index contributed by atoms with van der Waals surface area (Å²) in [5.74, 6) is -1.18. The van der Waals surface area contributed by atoms with Crippen molar-refractivity contribution in [3.63, 3.8) is 0 Å². The Kier molecular flexibility index (Phi) is 7.88. The SMILES string of the molecule is C=CC(=O)OCc1cc(COC(=O)C=C)cc(-c2ccc(OC(=O)C(=C)C)cc2)c1. The van der Waals surface area contributed by atoms with Crippen molar-refractivity contribution < 1.29 is 28.6 Å². The molecule has 0 aliphatic rings. The number of ether oxygens (including phenoxy) is 3. The molecule has 0 heterocycles. The van der Waals surface area contributed by atoms with Gasteiger partial charge in [-0.2, -0.15) is 0 Å². The van der Waals surface area contributed by atoms with E-state index in [4.69, 9.17) is 14.2 Å². The highest BCUT2D eigenvalue weighted by Crippen LogP contribution is 2.26. The first-order valence-electron chi connectivity index (χ1n) is 9.01. The zero-order chi connectivity index (χ0) is 22.1. The molecular formula is C24H22O6. The molecule has 2 aromatic rings. The Bertz CT molecular complexity index is 943. The molecule has 6 heteroatoms. The van der Waals surface area contributed by atoms with E-state index < -0.39 is 17.9 Å². The summed E-state index contributed by atoms with van der Waals surface area (Å²) in [6.07, 6.45) is 2.17. The van der Waals surface area contributed by atoms with Crippen LogP contribution in [0, 0.1) is 0 Å². The van der Waals surface area contributed by atoms with Gasteiger partial charge in [-0.15, -0.1) is 0 Å².